The van der Waals surface area contributed by atoms with Crippen LogP contribution in [0.2, 0.25) is 0 Å². The lowest BCUT2D eigenvalue weighted by molar-refractivity contribution is -0.128. The van der Waals surface area contributed by atoms with E-state index in [1.165, 1.54) is 5.56 Å². The Morgan fingerprint density at radius 3 is 2.11 bits per heavy atom. The normalized spacial score (nSPS) is 17.2. The van der Waals surface area contributed by atoms with Gasteiger partial charge in [0.05, 0.1) is 6.04 Å². The van der Waals surface area contributed by atoms with Crippen LogP contribution < -0.4 is 11.1 Å². The number of likely N-dealkylation sites (tertiary alicyclic amines) is 1. The van der Waals surface area contributed by atoms with Crippen LogP contribution in [0.5, 0.6) is 0 Å². The van der Waals surface area contributed by atoms with Crippen LogP contribution in [0.25, 0.3) is 11.1 Å². The number of nitrogens with two attached hydrogens (primary N) is 1. The summed E-state index contributed by atoms with van der Waals surface area (Å²) in [4.78, 5) is 25.9. The first-order valence-electron chi connectivity index (χ1n) is 9.40. The molecule has 1 aliphatic heterocycles. The highest BCUT2D eigenvalue weighted by Gasteiger charge is 2.36. The van der Waals surface area contributed by atoms with E-state index < -0.39 is 5.41 Å². The number of rotatable bonds is 4. The van der Waals surface area contributed by atoms with Crippen molar-refractivity contribution in [1.82, 2.24) is 10.2 Å². The fourth-order valence-electron chi connectivity index (χ4n) is 3.40. The van der Waals surface area contributed by atoms with Gasteiger partial charge in [0, 0.05) is 18.5 Å². The van der Waals surface area contributed by atoms with Crippen molar-refractivity contribution in [2.75, 3.05) is 13.1 Å². The number of primary amides is 1. The molecular weight excluding hydrogens is 338 g/mol. The summed E-state index contributed by atoms with van der Waals surface area (Å²) < 4.78 is 0. The van der Waals surface area contributed by atoms with Gasteiger partial charge in [-0.1, -0.05) is 61.5 Å². The highest BCUT2D eigenvalue weighted by molar-refractivity contribution is 5.81. The summed E-state index contributed by atoms with van der Waals surface area (Å²) in [5, 5.41) is 3.05. The molecule has 3 amide bonds. The van der Waals surface area contributed by atoms with Crippen LogP contribution in [-0.4, -0.2) is 29.9 Å². The molecule has 1 atom stereocenters. The molecule has 0 radical (unpaired) electrons. The van der Waals surface area contributed by atoms with Gasteiger partial charge >= 0.3 is 6.03 Å². The molecule has 2 aromatic rings. The molecule has 0 aromatic heterocycles. The number of nitrogens with zero attached hydrogens (tertiary/aromatic N) is 1. The van der Waals surface area contributed by atoms with E-state index in [0.29, 0.717) is 25.9 Å². The Labute approximate surface area is 160 Å². The Bertz CT molecular complexity index is 794. The van der Waals surface area contributed by atoms with Crippen molar-refractivity contribution >= 4 is 11.9 Å². The molecule has 5 nitrogen and oxygen atoms in total. The quantitative estimate of drug-likeness (QED) is 0.866. The molecule has 1 aliphatic rings. The fourth-order valence-corrected chi connectivity index (χ4v) is 3.40. The summed E-state index contributed by atoms with van der Waals surface area (Å²) in [5.74, 6) is -0.283. The first-order valence-corrected chi connectivity index (χ1v) is 9.40. The lowest BCUT2D eigenvalue weighted by Gasteiger charge is -2.37. The van der Waals surface area contributed by atoms with Gasteiger partial charge in [-0.15, -0.1) is 0 Å². The van der Waals surface area contributed by atoms with Gasteiger partial charge in [0.1, 0.15) is 0 Å². The summed E-state index contributed by atoms with van der Waals surface area (Å²) in [6.07, 6.45) is 1.21. The number of piperidine rings is 1. The SMILES string of the molecule is CC(NC(=O)N1CCC(C)(C(N)=O)CC1)c1ccc(-c2ccccc2)cc1. The molecule has 0 bridgehead atoms. The summed E-state index contributed by atoms with van der Waals surface area (Å²) in [7, 11) is 0. The molecule has 2 aromatic carbocycles. The molecule has 1 unspecified atom stereocenters. The number of amides is 3. The van der Waals surface area contributed by atoms with E-state index in [0.717, 1.165) is 11.1 Å². The van der Waals surface area contributed by atoms with Gasteiger partial charge in [-0.25, -0.2) is 4.79 Å². The summed E-state index contributed by atoms with van der Waals surface area (Å²) >= 11 is 0. The van der Waals surface area contributed by atoms with Crippen molar-refractivity contribution in [2.45, 2.75) is 32.7 Å². The van der Waals surface area contributed by atoms with Crippen LogP contribution in [-0.2, 0) is 4.79 Å². The van der Waals surface area contributed by atoms with Crippen molar-refractivity contribution in [3.63, 3.8) is 0 Å². The Hall–Kier alpha value is -2.82. The number of carbonyl (C=O) groups excluding carboxylic acids is 2. The zero-order valence-electron chi connectivity index (χ0n) is 15.9. The Morgan fingerprint density at radius 1 is 1.00 bits per heavy atom. The Morgan fingerprint density at radius 2 is 1.56 bits per heavy atom. The van der Waals surface area contributed by atoms with E-state index in [4.69, 9.17) is 5.73 Å². The van der Waals surface area contributed by atoms with Crippen LogP contribution in [0.3, 0.4) is 0 Å². The number of urea groups is 1. The third-order valence-electron chi connectivity index (χ3n) is 5.61. The van der Waals surface area contributed by atoms with Crippen molar-refractivity contribution < 1.29 is 9.59 Å². The van der Waals surface area contributed by atoms with E-state index in [9.17, 15) is 9.59 Å². The lowest BCUT2D eigenvalue weighted by Crippen LogP contribution is -2.50. The monoisotopic (exact) mass is 365 g/mol. The second kappa shape index (κ2) is 7.82. The molecule has 0 aliphatic carbocycles. The minimum absolute atomic E-state index is 0.0910. The molecular formula is C22H27N3O2. The second-order valence-electron chi connectivity index (χ2n) is 7.57. The van der Waals surface area contributed by atoms with Gasteiger partial charge in [-0.3, -0.25) is 4.79 Å². The van der Waals surface area contributed by atoms with Gasteiger partial charge in [0.2, 0.25) is 5.91 Å². The predicted molar refractivity (Wildman–Crippen MR) is 107 cm³/mol. The largest absolute Gasteiger partial charge is 0.369 e. The smallest absolute Gasteiger partial charge is 0.317 e. The molecule has 1 heterocycles. The summed E-state index contributed by atoms with van der Waals surface area (Å²) in [6, 6.07) is 18.3. The molecule has 1 fully saturated rings. The predicted octanol–water partition coefficient (Wildman–Crippen LogP) is 3.71. The van der Waals surface area contributed by atoms with E-state index in [1.54, 1.807) is 4.90 Å². The third kappa shape index (κ3) is 4.30. The molecule has 1 saturated heterocycles. The molecule has 5 heteroatoms. The van der Waals surface area contributed by atoms with E-state index >= 15 is 0 Å². The highest BCUT2D eigenvalue weighted by atomic mass is 16.2. The number of hydrogen-bond donors (Lipinski definition) is 2. The minimum atomic E-state index is -0.504. The number of nitrogens with one attached hydrogen (secondary N) is 1. The maximum Gasteiger partial charge on any atom is 0.317 e. The van der Waals surface area contributed by atoms with Crippen molar-refractivity contribution in [3.8, 4) is 11.1 Å². The van der Waals surface area contributed by atoms with Crippen LogP contribution in [0, 0.1) is 5.41 Å². The molecule has 3 N–H and O–H groups in total. The molecule has 0 saturated carbocycles. The summed E-state index contributed by atoms with van der Waals surface area (Å²) in [5.41, 5.74) is 8.35. The average Bonchev–Trinajstić information content (AvgIpc) is 2.69. The van der Waals surface area contributed by atoms with Gasteiger partial charge in [0.25, 0.3) is 0 Å². The maximum atomic E-state index is 12.5. The second-order valence-corrected chi connectivity index (χ2v) is 7.57. The zero-order chi connectivity index (χ0) is 19.4. The maximum absolute atomic E-state index is 12.5. The van der Waals surface area contributed by atoms with Crippen molar-refractivity contribution in [1.29, 1.82) is 0 Å². The summed E-state index contributed by atoms with van der Waals surface area (Å²) in [6.45, 7) is 4.95. The van der Waals surface area contributed by atoms with Crippen LogP contribution in [0.4, 0.5) is 4.79 Å². The van der Waals surface area contributed by atoms with E-state index in [-0.39, 0.29) is 18.0 Å². The van der Waals surface area contributed by atoms with Gasteiger partial charge in [0.15, 0.2) is 0 Å². The van der Waals surface area contributed by atoms with Gasteiger partial charge < -0.3 is 16.0 Å². The van der Waals surface area contributed by atoms with Gasteiger partial charge in [-0.05, 0) is 36.5 Å². The molecule has 0 spiro atoms. The van der Waals surface area contributed by atoms with E-state index in [2.05, 4.69) is 29.6 Å². The van der Waals surface area contributed by atoms with Crippen LogP contribution in [0.15, 0.2) is 54.6 Å². The third-order valence-corrected chi connectivity index (χ3v) is 5.61. The number of benzene rings is 2. The first kappa shape index (κ1) is 19.0. The highest BCUT2D eigenvalue weighted by Crippen LogP contribution is 2.30. The molecule has 27 heavy (non-hydrogen) atoms. The Kier molecular flexibility index (Phi) is 5.49. The standard InChI is InChI=1S/C22H27N3O2/c1-16(17-8-10-19(11-9-17)18-6-4-3-5-7-18)24-21(27)25-14-12-22(2,13-15-25)20(23)26/h3-11,16H,12-15H2,1-2H3,(H2,23,26)(H,24,27). The fraction of sp³-hybridized carbons (Fsp3) is 0.364. The van der Waals surface area contributed by atoms with E-state index in [1.807, 2.05) is 44.2 Å². The van der Waals surface area contributed by atoms with Crippen LogP contribution >= 0.6 is 0 Å². The van der Waals surface area contributed by atoms with Crippen LogP contribution in [0.1, 0.15) is 38.3 Å². The number of carbonyl (C=O) groups is 2. The molecule has 142 valence electrons. The molecule has 3 rings (SSSR count). The average molecular weight is 365 g/mol. The van der Waals surface area contributed by atoms with Crippen molar-refractivity contribution in [2.24, 2.45) is 11.1 Å². The zero-order valence-corrected chi connectivity index (χ0v) is 15.9. The Balaban J connectivity index is 1.58. The van der Waals surface area contributed by atoms with Crippen molar-refractivity contribution in [3.05, 3.63) is 60.2 Å². The van der Waals surface area contributed by atoms with Gasteiger partial charge in [-0.2, -0.15) is 0 Å². The number of hydrogen-bond acceptors (Lipinski definition) is 2. The first-order chi connectivity index (χ1) is 12.9. The lowest BCUT2D eigenvalue weighted by atomic mass is 9.80. The topological polar surface area (TPSA) is 75.4 Å². The minimum Gasteiger partial charge on any atom is -0.369 e.